The van der Waals surface area contributed by atoms with Crippen LogP contribution in [0.25, 0.3) is 0 Å². The molecule has 2 atom stereocenters. The molecule has 0 spiro atoms. The summed E-state index contributed by atoms with van der Waals surface area (Å²) in [7, 11) is 0. The van der Waals surface area contributed by atoms with E-state index in [1.807, 2.05) is 4.90 Å². The van der Waals surface area contributed by atoms with Gasteiger partial charge in [-0.2, -0.15) is 0 Å². The lowest BCUT2D eigenvalue weighted by Gasteiger charge is -2.39. The van der Waals surface area contributed by atoms with E-state index < -0.39 is 11.9 Å². The van der Waals surface area contributed by atoms with Crippen molar-refractivity contribution in [2.45, 2.75) is 39.5 Å². The van der Waals surface area contributed by atoms with E-state index in [4.69, 9.17) is 0 Å². The number of carbonyl (C=O) groups excluding carboxylic acids is 1. The number of rotatable bonds is 3. The maximum atomic E-state index is 12.9. The zero-order valence-corrected chi connectivity index (χ0v) is 15.2. The summed E-state index contributed by atoms with van der Waals surface area (Å²) < 4.78 is 0. The van der Waals surface area contributed by atoms with Crippen LogP contribution in [-0.4, -0.2) is 48.1 Å². The third-order valence-corrected chi connectivity index (χ3v) is 5.91. The largest absolute Gasteiger partial charge is 0.481 e. The molecule has 0 aromatic heterocycles. The summed E-state index contributed by atoms with van der Waals surface area (Å²) in [6.45, 7) is 7.22. The normalized spacial score (nSPS) is 24.2. The van der Waals surface area contributed by atoms with E-state index in [9.17, 15) is 14.7 Å². The van der Waals surface area contributed by atoms with Gasteiger partial charge in [-0.3, -0.25) is 9.59 Å². The van der Waals surface area contributed by atoms with Gasteiger partial charge in [-0.05, 0) is 43.9 Å². The first kappa shape index (κ1) is 17.8. The Balaban J connectivity index is 1.64. The van der Waals surface area contributed by atoms with E-state index in [0.717, 1.165) is 25.9 Å². The number of anilines is 1. The summed E-state index contributed by atoms with van der Waals surface area (Å²) in [5, 5.41) is 9.42. The molecule has 0 radical (unpaired) electrons. The van der Waals surface area contributed by atoms with Crippen molar-refractivity contribution in [2.24, 2.45) is 11.8 Å². The van der Waals surface area contributed by atoms with Crippen LogP contribution in [-0.2, 0) is 9.59 Å². The number of carboxylic acids is 1. The Labute approximate surface area is 149 Å². The Morgan fingerprint density at radius 2 is 1.64 bits per heavy atom. The fourth-order valence-electron chi connectivity index (χ4n) is 4.20. The smallest absolute Gasteiger partial charge is 0.307 e. The maximum absolute atomic E-state index is 12.9. The topological polar surface area (TPSA) is 60.9 Å². The number of carbonyl (C=O) groups is 2. The van der Waals surface area contributed by atoms with E-state index in [1.165, 1.54) is 16.8 Å². The highest BCUT2D eigenvalue weighted by Crippen LogP contribution is 2.32. The summed E-state index contributed by atoms with van der Waals surface area (Å²) in [5.74, 6) is -1.60. The lowest BCUT2D eigenvalue weighted by Crippen LogP contribution is -2.52. The van der Waals surface area contributed by atoms with Crippen molar-refractivity contribution >= 4 is 17.6 Å². The van der Waals surface area contributed by atoms with Gasteiger partial charge in [-0.1, -0.05) is 25.0 Å². The second kappa shape index (κ2) is 7.46. The zero-order chi connectivity index (χ0) is 18.0. The number of aliphatic carboxylic acids is 1. The van der Waals surface area contributed by atoms with Crippen molar-refractivity contribution in [1.82, 2.24) is 4.90 Å². The molecule has 1 saturated carbocycles. The van der Waals surface area contributed by atoms with Crippen LogP contribution in [0.4, 0.5) is 5.69 Å². The molecule has 1 heterocycles. The van der Waals surface area contributed by atoms with Gasteiger partial charge in [-0.25, -0.2) is 0 Å². The molecular formula is C20H28N2O3. The molecule has 1 N–H and O–H groups in total. The standard InChI is InChI=1S/C20H28N2O3/c1-14-6-5-9-18(15(14)2)21-10-12-22(13-11-21)19(23)16-7-3-4-8-17(16)20(24)25/h5-6,9,16-17H,3-4,7-8,10-13H2,1-2H3,(H,24,25). The predicted molar refractivity (Wildman–Crippen MR) is 97.8 cm³/mol. The van der Waals surface area contributed by atoms with E-state index in [0.29, 0.717) is 25.9 Å². The second-order valence-corrected chi connectivity index (χ2v) is 7.37. The molecule has 5 nitrogen and oxygen atoms in total. The minimum atomic E-state index is -0.813. The number of hydrogen-bond acceptors (Lipinski definition) is 3. The molecule has 1 aromatic carbocycles. The summed E-state index contributed by atoms with van der Waals surface area (Å²) in [6, 6.07) is 6.34. The molecule has 1 saturated heterocycles. The van der Waals surface area contributed by atoms with E-state index in [2.05, 4.69) is 36.9 Å². The SMILES string of the molecule is Cc1cccc(N2CCN(C(=O)C3CCCCC3C(=O)O)CC2)c1C. The van der Waals surface area contributed by atoms with Gasteiger partial charge in [0.2, 0.25) is 5.91 Å². The highest BCUT2D eigenvalue weighted by Gasteiger charge is 2.38. The van der Waals surface area contributed by atoms with Gasteiger partial charge in [0.15, 0.2) is 0 Å². The number of aryl methyl sites for hydroxylation is 1. The quantitative estimate of drug-likeness (QED) is 0.916. The molecule has 3 rings (SSSR count). The second-order valence-electron chi connectivity index (χ2n) is 7.37. The first-order chi connectivity index (χ1) is 12.0. The van der Waals surface area contributed by atoms with Crippen LogP contribution in [0.3, 0.4) is 0 Å². The molecule has 1 aromatic rings. The summed E-state index contributed by atoms with van der Waals surface area (Å²) in [6.07, 6.45) is 3.23. The number of carboxylic acid groups (broad SMARTS) is 1. The van der Waals surface area contributed by atoms with Gasteiger partial charge in [0.1, 0.15) is 0 Å². The van der Waals surface area contributed by atoms with Gasteiger partial charge in [0.25, 0.3) is 0 Å². The van der Waals surface area contributed by atoms with Crippen LogP contribution >= 0.6 is 0 Å². The molecule has 2 unspecified atom stereocenters. The monoisotopic (exact) mass is 344 g/mol. The molecule has 1 aliphatic carbocycles. The number of amides is 1. The van der Waals surface area contributed by atoms with E-state index >= 15 is 0 Å². The summed E-state index contributed by atoms with van der Waals surface area (Å²) in [4.78, 5) is 28.6. The minimum Gasteiger partial charge on any atom is -0.481 e. The van der Waals surface area contributed by atoms with Crippen molar-refractivity contribution in [3.63, 3.8) is 0 Å². The maximum Gasteiger partial charge on any atom is 0.307 e. The number of hydrogen-bond donors (Lipinski definition) is 1. The Morgan fingerprint density at radius 3 is 2.28 bits per heavy atom. The van der Waals surface area contributed by atoms with Crippen LogP contribution in [0.5, 0.6) is 0 Å². The fraction of sp³-hybridized carbons (Fsp3) is 0.600. The molecule has 136 valence electrons. The highest BCUT2D eigenvalue weighted by molar-refractivity contribution is 5.85. The molecule has 2 aliphatic rings. The van der Waals surface area contributed by atoms with Gasteiger partial charge >= 0.3 is 5.97 Å². The average Bonchev–Trinajstić information content (AvgIpc) is 2.63. The van der Waals surface area contributed by atoms with Crippen molar-refractivity contribution in [1.29, 1.82) is 0 Å². The average molecular weight is 344 g/mol. The first-order valence-corrected chi connectivity index (χ1v) is 9.32. The predicted octanol–water partition coefficient (Wildman–Crippen LogP) is 2.84. The molecule has 1 amide bonds. The number of benzene rings is 1. The Morgan fingerprint density at radius 1 is 1.00 bits per heavy atom. The highest BCUT2D eigenvalue weighted by atomic mass is 16.4. The Hall–Kier alpha value is -2.04. The fourth-order valence-corrected chi connectivity index (χ4v) is 4.20. The Kier molecular flexibility index (Phi) is 5.30. The van der Waals surface area contributed by atoms with E-state index in [1.54, 1.807) is 0 Å². The van der Waals surface area contributed by atoms with Crippen LogP contribution in [0.2, 0.25) is 0 Å². The number of nitrogens with zero attached hydrogens (tertiary/aromatic N) is 2. The molecule has 25 heavy (non-hydrogen) atoms. The lowest BCUT2D eigenvalue weighted by atomic mass is 9.78. The molecular weight excluding hydrogens is 316 g/mol. The molecule has 5 heteroatoms. The van der Waals surface area contributed by atoms with Crippen molar-refractivity contribution in [3.8, 4) is 0 Å². The minimum absolute atomic E-state index is 0.0488. The molecule has 1 aliphatic heterocycles. The summed E-state index contributed by atoms with van der Waals surface area (Å²) in [5.41, 5.74) is 3.82. The van der Waals surface area contributed by atoms with Gasteiger partial charge in [0, 0.05) is 31.9 Å². The van der Waals surface area contributed by atoms with Crippen LogP contribution < -0.4 is 4.90 Å². The lowest BCUT2D eigenvalue weighted by molar-refractivity contribution is -0.152. The van der Waals surface area contributed by atoms with Gasteiger partial charge < -0.3 is 14.9 Å². The molecule has 0 bridgehead atoms. The zero-order valence-electron chi connectivity index (χ0n) is 15.2. The first-order valence-electron chi connectivity index (χ1n) is 9.32. The Bertz CT molecular complexity index is 650. The third kappa shape index (κ3) is 3.65. The molecule has 2 fully saturated rings. The van der Waals surface area contributed by atoms with Gasteiger partial charge in [-0.15, -0.1) is 0 Å². The third-order valence-electron chi connectivity index (χ3n) is 5.91. The van der Waals surface area contributed by atoms with E-state index in [-0.39, 0.29) is 11.8 Å². The van der Waals surface area contributed by atoms with Crippen LogP contribution in [0.15, 0.2) is 18.2 Å². The van der Waals surface area contributed by atoms with Crippen LogP contribution in [0, 0.1) is 25.7 Å². The van der Waals surface area contributed by atoms with Crippen molar-refractivity contribution in [2.75, 3.05) is 31.1 Å². The number of piperazine rings is 1. The van der Waals surface area contributed by atoms with Crippen molar-refractivity contribution in [3.05, 3.63) is 29.3 Å². The summed E-state index contributed by atoms with van der Waals surface area (Å²) >= 11 is 0. The van der Waals surface area contributed by atoms with Gasteiger partial charge in [0.05, 0.1) is 11.8 Å². The van der Waals surface area contributed by atoms with Crippen LogP contribution in [0.1, 0.15) is 36.8 Å². The van der Waals surface area contributed by atoms with Crippen molar-refractivity contribution < 1.29 is 14.7 Å².